The molecule has 3 N–H and O–H groups in total. The average molecular weight is 251 g/mol. The van der Waals surface area contributed by atoms with Crippen LogP contribution in [0.25, 0.3) is 0 Å². The molecule has 98 valence electrons. The van der Waals surface area contributed by atoms with Gasteiger partial charge in [0.05, 0.1) is 6.54 Å². The van der Waals surface area contributed by atoms with Gasteiger partial charge in [0.25, 0.3) is 5.91 Å². The fourth-order valence-electron chi connectivity index (χ4n) is 1.33. The highest BCUT2D eigenvalue weighted by molar-refractivity contribution is 5.96. The first-order valence-electron chi connectivity index (χ1n) is 5.78. The van der Waals surface area contributed by atoms with Gasteiger partial charge in [-0.25, -0.2) is 0 Å². The van der Waals surface area contributed by atoms with E-state index in [1.807, 2.05) is 6.92 Å². The van der Waals surface area contributed by atoms with E-state index in [1.165, 1.54) is 12.3 Å². The summed E-state index contributed by atoms with van der Waals surface area (Å²) < 4.78 is 0. The van der Waals surface area contributed by atoms with E-state index in [2.05, 4.69) is 15.6 Å². The lowest BCUT2D eigenvalue weighted by Crippen LogP contribution is -2.38. The molecule has 0 unspecified atom stereocenters. The summed E-state index contributed by atoms with van der Waals surface area (Å²) in [6.07, 6.45) is 2.17. The Kier molecular flexibility index (Phi) is 5.10. The highest BCUT2D eigenvalue weighted by Gasteiger charge is 2.11. The first kappa shape index (κ1) is 14.0. The Morgan fingerprint density at radius 2 is 2.06 bits per heavy atom. The summed E-state index contributed by atoms with van der Waals surface area (Å²) in [5.74, 6) is -0.823. The van der Waals surface area contributed by atoms with Gasteiger partial charge in [-0.15, -0.1) is 0 Å². The molecule has 0 aliphatic carbocycles. The molecule has 6 nitrogen and oxygen atoms in total. The van der Waals surface area contributed by atoms with Gasteiger partial charge in [-0.05, 0) is 13.3 Å². The second kappa shape index (κ2) is 6.58. The molecular weight excluding hydrogens is 234 g/mol. The Balaban J connectivity index is 2.55. The van der Waals surface area contributed by atoms with Crippen molar-refractivity contribution in [2.45, 2.75) is 20.3 Å². The standard InChI is InChI=1S/C12H17N3O3/c1-3-4-13-11(17)7-15-12(18)9-6-14-8(2)5-10(9)16/h5-6H,3-4,7H2,1-2H3,(H,13,17)(H,14,16)(H,15,18). The van der Waals surface area contributed by atoms with Crippen molar-refractivity contribution in [3.05, 3.63) is 33.7 Å². The van der Waals surface area contributed by atoms with Crippen molar-refractivity contribution in [2.75, 3.05) is 13.1 Å². The molecule has 0 saturated carbocycles. The SMILES string of the molecule is CCCNC(=O)CNC(=O)c1c[nH]c(C)cc1=O. The number of carbonyl (C=O) groups is 2. The van der Waals surface area contributed by atoms with Crippen molar-refractivity contribution in [3.63, 3.8) is 0 Å². The second-order valence-corrected chi connectivity index (χ2v) is 3.93. The average Bonchev–Trinajstić information content (AvgIpc) is 2.33. The molecule has 0 fully saturated rings. The fraction of sp³-hybridized carbons (Fsp3) is 0.417. The van der Waals surface area contributed by atoms with E-state index in [-0.39, 0.29) is 23.4 Å². The van der Waals surface area contributed by atoms with Crippen LogP contribution in [0.2, 0.25) is 0 Å². The van der Waals surface area contributed by atoms with Crippen LogP contribution in [0.3, 0.4) is 0 Å². The number of rotatable bonds is 5. The number of aryl methyl sites for hydroxylation is 1. The van der Waals surface area contributed by atoms with Gasteiger partial charge in [0.1, 0.15) is 5.56 Å². The van der Waals surface area contributed by atoms with E-state index in [4.69, 9.17) is 0 Å². The number of hydrogen-bond donors (Lipinski definition) is 3. The van der Waals surface area contributed by atoms with E-state index in [9.17, 15) is 14.4 Å². The van der Waals surface area contributed by atoms with Gasteiger partial charge < -0.3 is 15.6 Å². The van der Waals surface area contributed by atoms with Crippen LogP contribution in [-0.2, 0) is 4.79 Å². The number of aromatic nitrogens is 1. The maximum atomic E-state index is 11.6. The number of aromatic amines is 1. The van der Waals surface area contributed by atoms with E-state index in [1.54, 1.807) is 6.92 Å². The zero-order valence-corrected chi connectivity index (χ0v) is 10.5. The Bertz CT molecular complexity index is 494. The Labute approximate surface area is 105 Å². The van der Waals surface area contributed by atoms with Crippen LogP contribution in [0.1, 0.15) is 29.4 Å². The van der Waals surface area contributed by atoms with E-state index in [0.29, 0.717) is 12.2 Å². The number of nitrogens with one attached hydrogen (secondary N) is 3. The first-order chi connectivity index (χ1) is 8.54. The highest BCUT2D eigenvalue weighted by Crippen LogP contribution is 1.91. The van der Waals surface area contributed by atoms with Gasteiger partial charge >= 0.3 is 0 Å². The summed E-state index contributed by atoms with van der Waals surface area (Å²) in [6, 6.07) is 1.34. The van der Waals surface area contributed by atoms with Gasteiger partial charge in [0.2, 0.25) is 5.91 Å². The molecule has 2 amide bonds. The number of hydrogen-bond acceptors (Lipinski definition) is 3. The summed E-state index contributed by atoms with van der Waals surface area (Å²) in [6.45, 7) is 4.10. The molecule has 0 radical (unpaired) electrons. The second-order valence-electron chi connectivity index (χ2n) is 3.93. The molecule has 0 bridgehead atoms. The minimum Gasteiger partial charge on any atom is -0.364 e. The summed E-state index contributed by atoms with van der Waals surface area (Å²) >= 11 is 0. The molecule has 1 heterocycles. The third kappa shape index (κ3) is 4.04. The van der Waals surface area contributed by atoms with E-state index in [0.717, 1.165) is 6.42 Å². The van der Waals surface area contributed by atoms with Crippen molar-refractivity contribution >= 4 is 11.8 Å². The van der Waals surface area contributed by atoms with E-state index < -0.39 is 5.91 Å². The lowest BCUT2D eigenvalue weighted by atomic mass is 10.2. The maximum absolute atomic E-state index is 11.6. The molecular formula is C12H17N3O3. The smallest absolute Gasteiger partial charge is 0.257 e. The normalized spacial score (nSPS) is 9.89. The third-order valence-electron chi connectivity index (χ3n) is 2.28. The lowest BCUT2D eigenvalue weighted by molar-refractivity contribution is -0.120. The number of H-pyrrole nitrogens is 1. The molecule has 1 rings (SSSR count). The number of carbonyl (C=O) groups excluding carboxylic acids is 2. The van der Waals surface area contributed by atoms with Crippen molar-refractivity contribution in [3.8, 4) is 0 Å². The first-order valence-corrected chi connectivity index (χ1v) is 5.78. The Morgan fingerprint density at radius 1 is 1.33 bits per heavy atom. The van der Waals surface area contributed by atoms with Crippen molar-refractivity contribution in [2.24, 2.45) is 0 Å². The molecule has 0 aliphatic rings. The Hall–Kier alpha value is -2.11. The van der Waals surface area contributed by atoms with Crippen LogP contribution in [0.15, 0.2) is 17.1 Å². The molecule has 0 aliphatic heterocycles. The van der Waals surface area contributed by atoms with Crippen LogP contribution in [0, 0.1) is 6.92 Å². The van der Waals surface area contributed by atoms with Crippen molar-refractivity contribution in [1.82, 2.24) is 15.6 Å². The molecule has 0 spiro atoms. The topological polar surface area (TPSA) is 91.1 Å². The van der Waals surface area contributed by atoms with Crippen LogP contribution in [0.4, 0.5) is 0 Å². The minimum atomic E-state index is -0.553. The predicted octanol–water partition coefficient (Wildman–Crippen LogP) is -0.0607. The lowest BCUT2D eigenvalue weighted by Gasteiger charge is -2.05. The molecule has 1 aromatic heterocycles. The summed E-state index contributed by atoms with van der Waals surface area (Å²) in [5.41, 5.74) is 0.318. The highest BCUT2D eigenvalue weighted by atomic mass is 16.2. The monoisotopic (exact) mass is 251 g/mol. The molecule has 18 heavy (non-hydrogen) atoms. The summed E-state index contributed by atoms with van der Waals surface area (Å²) in [5, 5.41) is 5.02. The zero-order chi connectivity index (χ0) is 13.5. The Morgan fingerprint density at radius 3 is 2.67 bits per heavy atom. The minimum absolute atomic E-state index is 0.00360. The molecule has 0 atom stereocenters. The van der Waals surface area contributed by atoms with Crippen molar-refractivity contribution < 1.29 is 9.59 Å². The molecule has 0 aromatic carbocycles. The van der Waals surface area contributed by atoms with Gasteiger partial charge in [-0.2, -0.15) is 0 Å². The van der Waals surface area contributed by atoms with Crippen LogP contribution >= 0.6 is 0 Å². The fourth-order valence-corrected chi connectivity index (χ4v) is 1.33. The van der Waals surface area contributed by atoms with Gasteiger partial charge in [0.15, 0.2) is 5.43 Å². The van der Waals surface area contributed by atoms with Crippen LogP contribution < -0.4 is 16.1 Å². The van der Waals surface area contributed by atoms with E-state index >= 15 is 0 Å². The van der Waals surface area contributed by atoms with Gasteiger partial charge in [-0.3, -0.25) is 14.4 Å². The zero-order valence-electron chi connectivity index (χ0n) is 10.5. The van der Waals surface area contributed by atoms with Crippen LogP contribution in [-0.4, -0.2) is 29.9 Å². The van der Waals surface area contributed by atoms with Crippen LogP contribution in [0.5, 0.6) is 0 Å². The van der Waals surface area contributed by atoms with Gasteiger partial charge in [0, 0.05) is 24.5 Å². The molecule has 1 aromatic rings. The summed E-state index contributed by atoms with van der Waals surface area (Å²) in [7, 11) is 0. The predicted molar refractivity (Wildman–Crippen MR) is 67.4 cm³/mol. The molecule has 6 heteroatoms. The number of pyridine rings is 1. The van der Waals surface area contributed by atoms with Crippen molar-refractivity contribution in [1.29, 1.82) is 0 Å². The molecule has 0 saturated heterocycles. The largest absolute Gasteiger partial charge is 0.364 e. The summed E-state index contributed by atoms with van der Waals surface area (Å²) in [4.78, 5) is 37.2. The van der Waals surface area contributed by atoms with Gasteiger partial charge in [-0.1, -0.05) is 6.92 Å². The quantitative estimate of drug-likeness (QED) is 0.684. The maximum Gasteiger partial charge on any atom is 0.257 e. The number of amides is 2. The third-order valence-corrected chi connectivity index (χ3v) is 2.28.